The van der Waals surface area contributed by atoms with E-state index < -0.39 is 18.0 Å². The highest BCUT2D eigenvalue weighted by Crippen LogP contribution is 2.36. The minimum Gasteiger partial charge on any atom is -0.508 e. The van der Waals surface area contributed by atoms with Gasteiger partial charge in [-0.1, -0.05) is 6.42 Å². The number of aliphatic hydroxyl groups is 1. The molecule has 4 N–H and O–H groups in total. The van der Waals surface area contributed by atoms with Crippen molar-refractivity contribution in [2.45, 2.75) is 31.4 Å². The molecule has 1 saturated carbocycles. The first kappa shape index (κ1) is 11.4. The lowest BCUT2D eigenvalue weighted by molar-refractivity contribution is 0.0407. The van der Waals surface area contributed by atoms with Gasteiger partial charge in [0.25, 0.3) is 0 Å². The predicted octanol–water partition coefficient (Wildman–Crippen LogP) is 1.69. The highest BCUT2D eigenvalue weighted by Gasteiger charge is 2.31. The second-order valence-corrected chi connectivity index (χ2v) is 4.41. The lowest BCUT2D eigenvalue weighted by atomic mass is 9.77. The van der Waals surface area contributed by atoms with Gasteiger partial charge in [-0.05, 0) is 37.0 Å². The van der Waals surface area contributed by atoms with Crippen LogP contribution in [0.1, 0.15) is 30.9 Å². The van der Waals surface area contributed by atoms with Gasteiger partial charge in [0, 0.05) is 5.56 Å². The summed E-state index contributed by atoms with van der Waals surface area (Å²) in [7, 11) is 0. The zero-order valence-corrected chi connectivity index (χ0v) is 8.94. The summed E-state index contributed by atoms with van der Waals surface area (Å²) in [6.45, 7) is 0. The van der Waals surface area contributed by atoms with Gasteiger partial charge in [-0.2, -0.15) is 0 Å². The summed E-state index contributed by atoms with van der Waals surface area (Å²) in [5.41, 5.74) is 6.12. The van der Waals surface area contributed by atoms with Gasteiger partial charge in [-0.15, -0.1) is 0 Å². The lowest BCUT2D eigenvalue weighted by Crippen LogP contribution is -2.36. The number of aliphatic hydroxyl groups excluding tert-OH is 1. The van der Waals surface area contributed by atoms with Crippen molar-refractivity contribution < 1.29 is 14.6 Å². The number of nitrogens with two attached hydrogens (primary N) is 1. The summed E-state index contributed by atoms with van der Waals surface area (Å²) in [4.78, 5) is 0. The Morgan fingerprint density at radius 1 is 1.38 bits per heavy atom. The van der Waals surface area contributed by atoms with Crippen LogP contribution >= 0.6 is 0 Å². The van der Waals surface area contributed by atoms with E-state index in [1.54, 1.807) is 0 Å². The van der Waals surface area contributed by atoms with Crippen LogP contribution < -0.4 is 5.73 Å². The van der Waals surface area contributed by atoms with Gasteiger partial charge < -0.3 is 15.9 Å². The third-order valence-corrected chi connectivity index (χ3v) is 3.35. The first-order valence-electron chi connectivity index (χ1n) is 5.51. The molecule has 88 valence electrons. The van der Waals surface area contributed by atoms with Crippen LogP contribution in [0.4, 0.5) is 4.39 Å². The molecule has 4 heteroatoms. The Balaban J connectivity index is 2.18. The molecule has 1 aromatic carbocycles. The highest BCUT2D eigenvalue weighted by molar-refractivity contribution is 5.35. The second-order valence-electron chi connectivity index (χ2n) is 4.41. The molecule has 1 aliphatic rings. The largest absolute Gasteiger partial charge is 0.508 e. The number of hydrogen-bond acceptors (Lipinski definition) is 3. The fourth-order valence-electron chi connectivity index (χ4n) is 2.05. The molecule has 1 aliphatic carbocycles. The van der Waals surface area contributed by atoms with Gasteiger partial charge >= 0.3 is 0 Å². The van der Waals surface area contributed by atoms with Crippen molar-refractivity contribution in [1.82, 2.24) is 0 Å². The fourth-order valence-corrected chi connectivity index (χ4v) is 2.05. The SMILES string of the molecule is N[C@@H](c1cc(F)ccc1O)[C@H](O)C1CCC1. The standard InChI is InChI=1S/C12H16FNO2/c13-8-4-5-10(15)9(6-8)11(14)12(16)7-2-1-3-7/h4-7,11-12,15-16H,1-3,14H2/t11-,12+/m0/s1. The number of hydrogen-bond donors (Lipinski definition) is 3. The van der Waals surface area contributed by atoms with E-state index in [1.807, 2.05) is 0 Å². The molecule has 0 heterocycles. The van der Waals surface area contributed by atoms with Crippen molar-refractivity contribution in [3.8, 4) is 5.75 Å². The van der Waals surface area contributed by atoms with Crippen LogP contribution in [0.25, 0.3) is 0 Å². The normalized spacial score (nSPS) is 20.2. The maximum Gasteiger partial charge on any atom is 0.123 e. The average molecular weight is 225 g/mol. The Kier molecular flexibility index (Phi) is 3.12. The van der Waals surface area contributed by atoms with E-state index in [0.717, 1.165) is 19.3 Å². The predicted molar refractivity (Wildman–Crippen MR) is 58.3 cm³/mol. The van der Waals surface area contributed by atoms with Gasteiger partial charge in [0.15, 0.2) is 0 Å². The van der Waals surface area contributed by atoms with Gasteiger partial charge in [-0.25, -0.2) is 4.39 Å². The number of aromatic hydroxyl groups is 1. The molecule has 0 unspecified atom stereocenters. The number of phenolic OH excluding ortho intramolecular Hbond substituents is 1. The smallest absolute Gasteiger partial charge is 0.123 e. The summed E-state index contributed by atoms with van der Waals surface area (Å²) in [5, 5.41) is 19.5. The van der Waals surface area contributed by atoms with Crippen LogP contribution in [-0.2, 0) is 0 Å². The summed E-state index contributed by atoms with van der Waals surface area (Å²) in [6.07, 6.45) is 2.29. The molecule has 2 rings (SSSR count). The van der Waals surface area contributed by atoms with E-state index >= 15 is 0 Å². The van der Waals surface area contributed by atoms with Crippen molar-refractivity contribution in [2.24, 2.45) is 11.7 Å². The fraction of sp³-hybridized carbons (Fsp3) is 0.500. The quantitative estimate of drug-likeness (QED) is 0.733. The van der Waals surface area contributed by atoms with E-state index in [9.17, 15) is 14.6 Å². The van der Waals surface area contributed by atoms with Gasteiger partial charge in [0.05, 0.1) is 12.1 Å². The molecule has 2 atom stereocenters. The molecule has 0 spiro atoms. The molecule has 0 saturated heterocycles. The summed E-state index contributed by atoms with van der Waals surface area (Å²) in [6, 6.07) is 2.89. The molecule has 3 nitrogen and oxygen atoms in total. The molecule has 0 bridgehead atoms. The molecule has 0 aliphatic heterocycles. The third kappa shape index (κ3) is 2.03. The zero-order chi connectivity index (χ0) is 11.7. The molecular weight excluding hydrogens is 209 g/mol. The highest BCUT2D eigenvalue weighted by atomic mass is 19.1. The summed E-state index contributed by atoms with van der Waals surface area (Å²) < 4.78 is 13.0. The van der Waals surface area contributed by atoms with Crippen molar-refractivity contribution in [1.29, 1.82) is 0 Å². The Morgan fingerprint density at radius 2 is 2.06 bits per heavy atom. The van der Waals surface area contributed by atoms with E-state index in [0.29, 0.717) is 0 Å². The number of phenols is 1. The molecule has 16 heavy (non-hydrogen) atoms. The van der Waals surface area contributed by atoms with Gasteiger partial charge in [-0.3, -0.25) is 0 Å². The maximum absolute atomic E-state index is 13.0. The van der Waals surface area contributed by atoms with Gasteiger partial charge in [0.2, 0.25) is 0 Å². The lowest BCUT2D eigenvalue weighted by Gasteiger charge is -2.33. The Bertz CT molecular complexity index is 379. The zero-order valence-electron chi connectivity index (χ0n) is 8.94. The van der Waals surface area contributed by atoms with Crippen LogP contribution in [0.5, 0.6) is 5.75 Å². The molecular formula is C12H16FNO2. The molecule has 0 radical (unpaired) electrons. The Morgan fingerprint density at radius 3 is 2.62 bits per heavy atom. The Labute approximate surface area is 93.7 Å². The molecule has 0 amide bonds. The first-order valence-corrected chi connectivity index (χ1v) is 5.51. The summed E-state index contributed by atoms with van der Waals surface area (Å²) in [5.74, 6) is -0.339. The van der Waals surface area contributed by atoms with Crippen LogP contribution in [0.3, 0.4) is 0 Å². The Hall–Kier alpha value is -1.13. The van der Waals surface area contributed by atoms with E-state index in [1.165, 1.54) is 18.2 Å². The molecule has 0 aromatic heterocycles. The number of rotatable bonds is 3. The monoisotopic (exact) mass is 225 g/mol. The van der Waals surface area contributed by atoms with E-state index in [2.05, 4.69) is 0 Å². The first-order chi connectivity index (χ1) is 7.59. The van der Waals surface area contributed by atoms with E-state index in [-0.39, 0.29) is 17.2 Å². The topological polar surface area (TPSA) is 66.5 Å². The third-order valence-electron chi connectivity index (χ3n) is 3.35. The number of halogens is 1. The van der Waals surface area contributed by atoms with Crippen LogP contribution in [0.15, 0.2) is 18.2 Å². The van der Waals surface area contributed by atoms with Crippen molar-refractivity contribution in [3.05, 3.63) is 29.6 Å². The second kappa shape index (κ2) is 4.39. The van der Waals surface area contributed by atoms with E-state index in [4.69, 9.17) is 5.73 Å². The van der Waals surface area contributed by atoms with Gasteiger partial charge in [0.1, 0.15) is 11.6 Å². The van der Waals surface area contributed by atoms with Crippen molar-refractivity contribution in [3.63, 3.8) is 0 Å². The minimum atomic E-state index is -0.721. The van der Waals surface area contributed by atoms with Crippen LogP contribution in [0, 0.1) is 11.7 Å². The summed E-state index contributed by atoms with van der Waals surface area (Å²) >= 11 is 0. The van der Waals surface area contributed by atoms with Crippen molar-refractivity contribution in [2.75, 3.05) is 0 Å². The number of benzene rings is 1. The van der Waals surface area contributed by atoms with Crippen LogP contribution in [0.2, 0.25) is 0 Å². The van der Waals surface area contributed by atoms with Crippen molar-refractivity contribution >= 4 is 0 Å². The average Bonchev–Trinajstić information content (AvgIpc) is 2.18. The maximum atomic E-state index is 13.0. The molecule has 1 fully saturated rings. The minimum absolute atomic E-state index is 0.0627. The molecule has 1 aromatic rings. The van der Waals surface area contributed by atoms with Crippen LogP contribution in [-0.4, -0.2) is 16.3 Å².